The minimum Gasteiger partial charge on any atom is -0.325 e. The molecule has 1 atom stereocenters. The molecule has 1 aromatic heterocycles. The van der Waals surface area contributed by atoms with Gasteiger partial charge in [-0.05, 0) is 25.5 Å². The summed E-state index contributed by atoms with van der Waals surface area (Å²) in [7, 11) is 0. The first-order chi connectivity index (χ1) is 10.1. The standard InChI is InChI=1S/C14H18N4O2S/c1-3-9-18-13(20)16-17-14(18)21-10(2)12(19)15-11-7-5-4-6-8-11/h4-8,10H,3,9H2,1-2H3,(H,15,19)(H,16,20). The maximum Gasteiger partial charge on any atom is 0.343 e. The molecule has 1 aromatic carbocycles. The van der Waals surface area contributed by atoms with E-state index in [4.69, 9.17) is 0 Å². The molecule has 0 fully saturated rings. The highest BCUT2D eigenvalue weighted by atomic mass is 32.2. The van der Waals surface area contributed by atoms with Gasteiger partial charge in [0.2, 0.25) is 5.91 Å². The Morgan fingerprint density at radius 1 is 1.43 bits per heavy atom. The Hall–Kier alpha value is -2.02. The molecule has 0 aliphatic carbocycles. The molecule has 0 bridgehead atoms. The van der Waals surface area contributed by atoms with Crippen molar-refractivity contribution >= 4 is 23.4 Å². The number of amides is 1. The van der Waals surface area contributed by atoms with Gasteiger partial charge >= 0.3 is 5.69 Å². The molecule has 112 valence electrons. The van der Waals surface area contributed by atoms with Gasteiger partial charge in [0.25, 0.3) is 0 Å². The highest BCUT2D eigenvalue weighted by Crippen LogP contribution is 2.21. The third kappa shape index (κ3) is 3.98. The van der Waals surface area contributed by atoms with Crippen LogP contribution in [0.4, 0.5) is 5.69 Å². The van der Waals surface area contributed by atoms with E-state index in [1.165, 1.54) is 11.8 Å². The summed E-state index contributed by atoms with van der Waals surface area (Å²) < 4.78 is 1.55. The molecule has 0 radical (unpaired) electrons. The van der Waals surface area contributed by atoms with Crippen LogP contribution in [0.25, 0.3) is 0 Å². The first-order valence-corrected chi connectivity index (χ1v) is 7.67. The van der Waals surface area contributed by atoms with Crippen LogP contribution < -0.4 is 11.0 Å². The number of carbonyl (C=O) groups is 1. The predicted octanol–water partition coefficient (Wildman–Crippen LogP) is 2.10. The number of hydrogen-bond donors (Lipinski definition) is 2. The molecule has 21 heavy (non-hydrogen) atoms. The average molecular weight is 306 g/mol. The fourth-order valence-electron chi connectivity index (χ4n) is 1.79. The molecular weight excluding hydrogens is 288 g/mol. The number of nitrogens with one attached hydrogen (secondary N) is 2. The largest absolute Gasteiger partial charge is 0.343 e. The number of anilines is 1. The van der Waals surface area contributed by atoms with Crippen LogP contribution in [-0.2, 0) is 11.3 Å². The van der Waals surface area contributed by atoms with Crippen LogP contribution in [0.3, 0.4) is 0 Å². The monoisotopic (exact) mass is 306 g/mol. The van der Waals surface area contributed by atoms with Gasteiger partial charge in [0.15, 0.2) is 5.16 Å². The molecule has 7 heteroatoms. The number of thioether (sulfide) groups is 1. The van der Waals surface area contributed by atoms with Crippen LogP contribution in [0.2, 0.25) is 0 Å². The zero-order chi connectivity index (χ0) is 15.2. The van der Waals surface area contributed by atoms with Gasteiger partial charge in [0.1, 0.15) is 0 Å². The van der Waals surface area contributed by atoms with E-state index in [0.29, 0.717) is 11.7 Å². The van der Waals surface area contributed by atoms with Crippen molar-refractivity contribution < 1.29 is 4.79 Å². The summed E-state index contributed by atoms with van der Waals surface area (Å²) in [5, 5.41) is 9.42. The Labute approximate surface area is 127 Å². The fraction of sp³-hybridized carbons (Fsp3) is 0.357. The maximum absolute atomic E-state index is 12.1. The highest BCUT2D eigenvalue weighted by molar-refractivity contribution is 8.00. The van der Waals surface area contributed by atoms with Gasteiger partial charge in [-0.2, -0.15) is 0 Å². The molecule has 1 heterocycles. The third-order valence-corrected chi connectivity index (χ3v) is 3.95. The third-order valence-electron chi connectivity index (χ3n) is 2.86. The second kappa shape index (κ2) is 7.12. The highest BCUT2D eigenvalue weighted by Gasteiger charge is 2.18. The number of aromatic amines is 1. The van der Waals surface area contributed by atoms with Gasteiger partial charge in [0.05, 0.1) is 5.25 Å². The number of carbonyl (C=O) groups excluding carboxylic acids is 1. The van der Waals surface area contributed by atoms with Crippen molar-refractivity contribution in [2.45, 2.75) is 37.2 Å². The Bertz CT molecular complexity index is 650. The van der Waals surface area contributed by atoms with Crippen molar-refractivity contribution in [3.05, 3.63) is 40.8 Å². The fourth-order valence-corrected chi connectivity index (χ4v) is 2.67. The second-order valence-electron chi connectivity index (χ2n) is 4.58. The number of benzene rings is 1. The Morgan fingerprint density at radius 2 is 2.14 bits per heavy atom. The van der Waals surface area contributed by atoms with Crippen molar-refractivity contribution in [3.63, 3.8) is 0 Å². The lowest BCUT2D eigenvalue weighted by atomic mass is 10.3. The van der Waals surface area contributed by atoms with Crippen LogP contribution in [-0.4, -0.2) is 25.9 Å². The van der Waals surface area contributed by atoms with Gasteiger partial charge in [-0.3, -0.25) is 9.36 Å². The average Bonchev–Trinajstić information content (AvgIpc) is 2.82. The lowest BCUT2D eigenvalue weighted by Gasteiger charge is -2.11. The summed E-state index contributed by atoms with van der Waals surface area (Å²) in [5.74, 6) is -0.121. The van der Waals surface area contributed by atoms with Crippen molar-refractivity contribution in [1.29, 1.82) is 0 Å². The predicted molar refractivity (Wildman–Crippen MR) is 83.5 cm³/mol. The smallest absolute Gasteiger partial charge is 0.325 e. The van der Waals surface area contributed by atoms with E-state index in [0.717, 1.165) is 12.1 Å². The molecular formula is C14H18N4O2S. The van der Waals surface area contributed by atoms with Crippen molar-refractivity contribution in [2.24, 2.45) is 0 Å². The molecule has 6 nitrogen and oxygen atoms in total. The van der Waals surface area contributed by atoms with Crippen molar-refractivity contribution in [2.75, 3.05) is 5.32 Å². The Balaban J connectivity index is 2.02. The minimum atomic E-state index is -0.351. The summed E-state index contributed by atoms with van der Waals surface area (Å²) in [6, 6.07) is 9.27. The molecule has 0 saturated carbocycles. The van der Waals surface area contributed by atoms with Gasteiger partial charge in [-0.1, -0.05) is 36.9 Å². The summed E-state index contributed by atoms with van der Waals surface area (Å²) in [5.41, 5.74) is 0.512. The Morgan fingerprint density at radius 3 is 2.81 bits per heavy atom. The first-order valence-electron chi connectivity index (χ1n) is 6.79. The van der Waals surface area contributed by atoms with Gasteiger partial charge < -0.3 is 5.32 Å². The quantitative estimate of drug-likeness (QED) is 0.801. The van der Waals surface area contributed by atoms with Gasteiger partial charge in [-0.15, -0.1) is 5.10 Å². The number of rotatable bonds is 6. The number of para-hydroxylation sites is 1. The summed E-state index contributed by atoms with van der Waals surface area (Å²) in [6.45, 7) is 4.36. The zero-order valence-corrected chi connectivity index (χ0v) is 12.8. The number of nitrogens with zero attached hydrogens (tertiary/aromatic N) is 2. The summed E-state index contributed by atoms with van der Waals surface area (Å²) in [6.07, 6.45) is 0.831. The maximum atomic E-state index is 12.1. The van der Waals surface area contributed by atoms with Crippen LogP contribution in [0.15, 0.2) is 40.3 Å². The van der Waals surface area contributed by atoms with E-state index in [9.17, 15) is 9.59 Å². The molecule has 0 aliphatic heterocycles. The lowest BCUT2D eigenvalue weighted by molar-refractivity contribution is -0.115. The molecule has 2 aromatic rings. The number of H-pyrrole nitrogens is 1. The summed E-state index contributed by atoms with van der Waals surface area (Å²) >= 11 is 1.27. The first kappa shape index (κ1) is 15.4. The molecule has 0 spiro atoms. The zero-order valence-electron chi connectivity index (χ0n) is 12.0. The topological polar surface area (TPSA) is 79.8 Å². The molecule has 1 amide bonds. The second-order valence-corrected chi connectivity index (χ2v) is 5.89. The van der Waals surface area contributed by atoms with Gasteiger partial charge in [0, 0.05) is 12.2 Å². The van der Waals surface area contributed by atoms with Crippen LogP contribution in [0, 0.1) is 0 Å². The van der Waals surface area contributed by atoms with E-state index in [2.05, 4.69) is 15.5 Å². The van der Waals surface area contributed by atoms with Crippen LogP contribution in [0.1, 0.15) is 20.3 Å². The van der Waals surface area contributed by atoms with Crippen LogP contribution >= 0.6 is 11.8 Å². The van der Waals surface area contributed by atoms with Gasteiger partial charge in [-0.25, -0.2) is 9.89 Å². The van der Waals surface area contributed by atoms with E-state index in [1.807, 2.05) is 37.3 Å². The number of aromatic nitrogens is 3. The molecule has 2 rings (SSSR count). The SMILES string of the molecule is CCCn1c(SC(C)C(=O)Nc2ccccc2)n[nH]c1=O. The molecule has 0 aliphatic rings. The van der Waals surface area contributed by atoms with Crippen LogP contribution in [0.5, 0.6) is 0 Å². The van der Waals surface area contributed by atoms with E-state index in [-0.39, 0.29) is 16.8 Å². The van der Waals surface area contributed by atoms with Crippen molar-refractivity contribution in [1.82, 2.24) is 14.8 Å². The normalized spacial score (nSPS) is 12.1. The molecule has 1 unspecified atom stereocenters. The molecule has 0 saturated heterocycles. The Kier molecular flexibility index (Phi) is 5.21. The van der Waals surface area contributed by atoms with E-state index < -0.39 is 0 Å². The number of hydrogen-bond acceptors (Lipinski definition) is 4. The van der Waals surface area contributed by atoms with E-state index >= 15 is 0 Å². The molecule has 2 N–H and O–H groups in total. The lowest BCUT2D eigenvalue weighted by Crippen LogP contribution is -2.24. The van der Waals surface area contributed by atoms with Crippen molar-refractivity contribution in [3.8, 4) is 0 Å². The minimum absolute atomic E-state index is 0.121. The van der Waals surface area contributed by atoms with E-state index in [1.54, 1.807) is 11.5 Å². The summed E-state index contributed by atoms with van der Waals surface area (Å²) in [4.78, 5) is 23.7.